The number of nitrogens with zero attached hydrogens (tertiary/aromatic N) is 4. The van der Waals surface area contributed by atoms with Crippen molar-refractivity contribution in [3.05, 3.63) is 66.7 Å². The first-order chi connectivity index (χ1) is 17.8. The molecule has 0 radical (unpaired) electrons. The molecule has 0 aromatic heterocycles. The second-order valence-corrected chi connectivity index (χ2v) is 11.1. The second-order valence-electron chi connectivity index (χ2n) is 10.3. The Kier molecular flexibility index (Phi) is 9.13. The average molecular weight is 549 g/mol. The van der Waals surface area contributed by atoms with Crippen molar-refractivity contribution >= 4 is 46.0 Å². The Balaban J connectivity index is 0.000000176. The van der Waals surface area contributed by atoms with Crippen LogP contribution in [-0.4, -0.2) is 35.5 Å². The molecule has 0 N–H and O–H groups in total. The fourth-order valence-electron chi connectivity index (χ4n) is 6.15. The van der Waals surface area contributed by atoms with E-state index in [2.05, 4.69) is 9.80 Å². The monoisotopic (exact) mass is 548 g/mol. The summed E-state index contributed by atoms with van der Waals surface area (Å²) >= 11 is 12.4. The summed E-state index contributed by atoms with van der Waals surface area (Å²) in [6.45, 7) is 1.01. The zero-order valence-corrected chi connectivity index (χ0v) is 22.7. The number of non-ortho nitro benzene ring substituents is 2. The number of fused-ring (bicyclic) bond motifs is 1. The molecule has 10 heteroatoms. The molecule has 2 aromatic carbocycles. The summed E-state index contributed by atoms with van der Waals surface area (Å²) in [6, 6.07) is 10.6. The van der Waals surface area contributed by atoms with Crippen LogP contribution in [0.5, 0.6) is 0 Å². The summed E-state index contributed by atoms with van der Waals surface area (Å²) in [6.07, 6.45) is 12.5. The van der Waals surface area contributed by atoms with E-state index in [4.69, 9.17) is 23.2 Å². The average Bonchev–Trinajstić information content (AvgIpc) is 3.43. The van der Waals surface area contributed by atoms with Crippen molar-refractivity contribution in [1.29, 1.82) is 0 Å². The largest absolute Gasteiger partial charge is 0.370 e. The van der Waals surface area contributed by atoms with E-state index in [-0.39, 0.29) is 11.4 Å². The third kappa shape index (κ3) is 6.47. The molecule has 2 aliphatic carbocycles. The molecular weight excluding hydrogens is 515 g/mol. The van der Waals surface area contributed by atoms with Gasteiger partial charge in [-0.15, -0.1) is 0 Å². The number of anilines is 2. The fourth-order valence-corrected chi connectivity index (χ4v) is 6.74. The second kappa shape index (κ2) is 12.3. The Bertz CT molecular complexity index is 1120. The molecule has 5 rings (SSSR count). The van der Waals surface area contributed by atoms with Gasteiger partial charge in [0.1, 0.15) is 0 Å². The molecule has 3 aliphatic rings. The molecule has 37 heavy (non-hydrogen) atoms. The minimum absolute atomic E-state index is 0.0403. The Labute approximate surface area is 227 Å². The Hall–Kier alpha value is -2.58. The van der Waals surface area contributed by atoms with E-state index in [0.717, 1.165) is 23.8 Å². The third-order valence-corrected chi connectivity index (χ3v) is 8.69. The topological polar surface area (TPSA) is 92.8 Å². The lowest BCUT2D eigenvalue weighted by molar-refractivity contribution is -0.385. The van der Waals surface area contributed by atoms with Gasteiger partial charge in [-0.2, -0.15) is 0 Å². The highest BCUT2D eigenvalue weighted by Gasteiger charge is 2.34. The van der Waals surface area contributed by atoms with E-state index in [1.807, 2.05) is 13.1 Å². The molecule has 1 heterocycles. The molecule has 0 spiro atoms. The Morgan fingerprint density at radius 2 is 1.38 bits per heavy atom. The number of halogens is 2. The first kappa shape index (κ1) is 27.5. The van der Waals surface area contributed by atoms with Crippen molar-refractivity contribution in [3.8, 4) is 0 Å². The van der Waals surface area contributed by atoms with Crippen molar-refractivity contribution in [1.82, 2.24) is 0 Å². The maximum absolute atomic E-state index is 10.8. The smallest absolute Gasteiger partial charge is 0.271 e. The number of rotatable bonds is 5. The van der Waals surface area contributed by atoms with Gasteiger partial charge in [-0.1, -0.05) is 48.9 Å². The number of hydrogen-bond acceptors (Lipinski definition) is 6. The summed E-state index contributed by atoms with van der Waals surface area (Å²) in [5.74, 6) is 0.767. The molecule has 1 saturated heterocycles. The maximum Gasteiger partial charge on any atom is 0.271 e. The van der Waals surface area contributed by atoms with Gasteiger partial charge in [-0.3, -0.25) is 20.2 Å². The molecule has 2 unspecified atom stereocenters. The zero-order chi connectivity index (χ0) is 26.5. The van der Waals surface area contributed by atoms with Crippen molar-refractivity contribution in [2.75, 3.05) is 23.4 Å². The van der Waals surface area contributed by atoms with Crippen molar-refractivity contribution in [2.24, 2.45) is 5.92 Å². The summed E-state index contributed by atoms with van der Waals surface area (Å²) < 4.78 is 0. The highest BCUT2D eigenvalue weighted by molar-refractivity contribution is 6.33. The van der Waals surface area contributed by atoms with Crippen LogP contribution < -0.4 is 9.80 Å². The first-order valence-corrected chi connectivity index (χ1v) is 13.9. The van der Waals surface area contributed by atoms with Gasteiger partial charge in [-0.25, -0.2) is 0 Å². The zero-order valence-electron chi connectivity index (χ0n) is 21.2. The number of benzene rings is 2. The summed E-state index contributed by atoms with van der Waals surface area (Å²) in [7, 11) is 2.00. The van der Waals surface area contributed by atoms with Gasteiger partial charge in [0.05, 0.1) is 31.3 Å². The normalized spacial score (nSPS) is 21.5. The molecule has 200 valence electrons. The summed E-state index contributed by atoms with van der Waals surface area (Å²) in [5.41, 5.74) is 1.95. The van der Waals surface area contributed by atoms with E-state index in [0.29, 0.717) is 22.1 Å². The van der Waals surface area contributed by atoms with Crippen LogP contribution in [0.2, 0.25) is 10.0 Å². The fraction of sp³-hybridized carbons (Fsp3) is 0.556. The lowest BCUT2D eigenvalue weighted by Gasteiger charge is -2.45. The van der Waals surface area contributed by atoms with Gasteiger partial charge in [0, 0.05) is 49.9 Å². The highest BCUT2D eigenvalue weighted by Crippen LogP contribution is 2.41. The molecule has 2 saturated carbocycles. The van der Waals surface area contributed by atoms with Crippen LogP contribution in [0.15, 0.2) is 36.4 Å². The Morgan fingerprint density at radius 1 is 0.811 bits per heavy atom. The predicted octanol–water partition coefficient (Wildman–Crippen LogP) is 8.03. The highest BCUT2D eigenvalue weighted by atomic mass is 35.5. The molecule has 1 aliphatic heterocycles. The van der Waals surface area contributed by atoms with E-state index in [9.17, 15) is 20.2 Å². The van der Waals surface area contributed by atoms with Crippen LogP contribution in [0.3, 0.4) is 0 Å². The van der Waals surface area contributed by atoms with Crippen LogP contribution in [0.25, 0.3) is 0 Å². The third-order valence-electron chi connectivity index (χ3n) is 8.09. The van der Waals surface area contributed by atoms with Crippen LogP contribution in [0.1, 0.15) is 64.2 Å². The van der Waals surface area contributed by atoms with Crippen LogP contribution in [0.4, 0.5) is 22.7 Å². The van der Waals surface area contributed by atoms with Crippen LogP contribution >= 0.6 is 23.2 Å². The van der Waals surface area contributed by atoms with Crippen molar-refractivity contribution in [2.45, 2.75) is 76.3 Å². The maximum atomic E-state index is 10.8. The number of piperidine rings is 1. The van der Waals surface area contributed by atoms with E-state index >= 15 is 0 Å². The van der Waals surface area contributed by atoms with Gasteiger partial charge in [0.2, 0.25) is 0 Å². The van der Waals surface area contributed by atoms with Gasteiger partial charge in [-0.05, 0) is 56.6 Å². The molecule has 8 nitrogen and oxygen atoms in total. The molecule has 2 aromatic rings. The van der Waals surface area contributed by atoms with Gasteiger partial charge >= 0.3 is 0 Å². The van der Waals surface area contributed by atoms with Crippen LogP contribution in [0, 0.1) is 26.1 Å². The first-order valence-electron chi connectivity index (χ1n) is 13.1. The van der Waals surface area contributed by atoms with Gasteiger partial charge in [0.25, 0.3) is 11.4 Å². The molecule has 3 fully saturated rings. The molecule has 0 amide bonds. The Morgan fingerprint density at radius 3 is 2.00 bits per heavy atom. The number of nitro benzene ring substituents is 2. The predicted molar refractivity (Wildman–Crippen MR) is 149 cm³/mol. The quantitative estimate of drug-likeness (QED) is 0.277. The number of nitro groups is 2. The van der Waals surface area contributed by atoms with Crippen molar-refractivity contribution in [3.63, 3.8) is 0 Å². The van der Waals surface area contributed by atoms with E-state index < -0.39 is 9.85 Å². The van der Waals surface area contributed by atoms with Gasteiger partial charge in [0.15, 0.2) is 0 Å². The molecular formula is C27H34Cl2N4O4. The summed E-state index contributed by atoms with van der Waals surface area (Å²) in [4.78, 5) is 25.1. The summed E-state index contributed by atoms with van der Waals surface area (Å²) in [5, 5.41) is 22.4. The van der Waals surface area contributed by atoms with Crippen LogP contribution in [-0.2, 0) is 0 Å². The minimum Gasteiger partial charge on any atom is -0.370 e. The van der Waals surface area contributed by atoms with Gasteiger partial charge < -0.3 is 9.80 Å². The molecule has 0 bridgehead atoms. The number of hydrogen-bond donors (Lipinski definition) is 0. The minimum atomic E-state index is -0.425. The van der Waals surface area contributed by atoms with E-state index in [1.165, 1.54) is 82.4 Å². The van der Waals surface area contributed by atoms with E-state index in [1.54, 1.807) is 12.1 Å². The lowest BCUT2D eigenvalue weighted by atomic mass is 9.78. The molecule has 2 atom stereocenters. The standard InChI is InChI=1S/C15H19ClN2O2.C12H15ClN2O2/c16-13-10-12(18(19)20)7-8-15(13)17-9-3-5-11-4-1-2-6-14(11)17;1-14(9-4-2-3-5-9)12-7-6-10(15(16)17)8-11(12)13/h7-8,10-11,14H,1-6,9H2;6-9H,2-5H2,1H3. The lowest BCUT2D eigenvalue weighted by Crippen LogP contribution is -2.47. The SMILES string of the molecule is CN(c1ccc([N+](=O)[O-])cc1Cl)C1CCCC1.O=[N+]([O-])c1ccc(N2CCCC3CCCCC32)c(Cl)c1. The van der Waals surface area contributed by atoms with Crippen molar-refractivity contribution < 1.29 is 9.85 Å².